The van der Waals surface area contributed by atoms with Gasteiger partial charge < -0.3 is 15.5 Å². The molecule has 1 amide bonds. The van der Waals surface area contributed by atoms with Gasteiger partial charge in [-0.05, 0) is 6.42 Å². The molecule has 0 heterocycles. The summed E-state index contributed by atoms with van der Waals surface area (Å²) in [5.41, 5.74) is -0.580. The predicted molar refractivity (Wildman–Crippen MR) is 55.3 cm³/mol. The minimum atomic E-state index is -1.12. The van der Waals surface area contributed by atoms with E-state index >= 15 is 0 Å². The van der Waals surface area contributed by atoms with Crippen molar-refractivity contribution in [2.45, 2.75) is 39.7 Å². The molecule has 15 heavy (non-hydrogen) atoms. The second kappa shape index (κ2) is 5.70. The molecule has 0 aromatic carbocycles. The Hall–Kier alpha value is -1.10. The molecule has 0 unspecified atom stereocenters. The summed E-state index contributed by atoms with van der Waals surface area (Å²) in [6.45, 7) is 5.10. The number of hydrogen-bond donors (Lipinski definition) is 3. The minimum Gasteiger partial charge on any atom is -0.480 e. The number of carbonyl (C=O) groups is 2. The lowest BCUT2D eigenvalue weighted by molar-refractivity contribution is -0.144. The van der Waals surface area contributed by atoms with Gasteiger partial charge in [0.2, 0.25) is 5.91 Å². The Kier molecular flexibility index (Phi) is 5.28. The van der Waals surface area contributed by atoms with Crippen molar-refractivity contribution in [3.05, 3.63) is 0 Å². The Balaban J connectivity index is 4.41. The molecule has 0 aromatic rings. The van der Waals surface area contributed by atoms with Crippen molar-refractivity contribution in [3.63, 3.8) is 0 Å². The first-order valence-electron chi connectivity index (χ1n) is 4.99. The zero-order chi connectivity index (χ0) is 12.1. The highest BCUT2D eigenvalue weighted by Crippen LogP contribution is 2.19. The molecule has 0 radical (unpaired) electrons. The summed E-state index contributed by atoms with van der Waals surface area (Å²) < 4.78 is 0. The number of hydrogen-bond acceptors (Lipinski definition) is 3. The Morgan fingerprint density at radius 2 is 1.93 bits per heavy atom. The monoisotopic (exact) mass is 217 g/mol. The molecule has 0 aliphatic carbocycles. The van der Waals surface area contributed by atoms with Gasteiger partial charge in [0, 0.05) is 18.4 Å². The Morgan fingerprint density at radius 3 is 2.27 bits per heavy atom. The summed E-state index contributed by atoms with van der Waals surface area (Å²) in [5.74, 6) is -1.42. The maximum Gasteiger partial charge on any atom is 0.326 e. The van der Waals surface area contributed by atoms with Gasteiger partial charge in [0.25, 0.3) is 0 Å². The quantitative estimate of drug-likeness (QED) is 0.600. The lowest BCUT2D eigenvalue weighted by Crippen LogP contribution is -2.46. The number of aliphatic hydroxyl groups excluding tert-OH is 1. The number of carboxylic acids is 1. The van der Waals surface area contributed by atoms with Crippen LogP contribution in [-0.4, -0.2) is 34.7 Å². The van der Waals surface area contributed by atoms with E-state index in [0.29, 0.717) is 6.42 Å². The van der Waals surface area contributed by atoms with Gasteiger partial charge in [-0.25, -0.2) is 4.79 Å². The van der Waals surface area contributed by atoms with Crippen molar-refractivity contribution in [1.29, 1.82) is 0 Å². The first-order valence-corrected chi connectivity index (χ1v) is 4.99. The lowest BCUT2D eigenvalue weighted by Gasteiger charge is -2.24. The van der Waals surface area contributed by atoms with E-state index in [0.717, 1.165) is 0 Å². The fourth-order valence-electron chi connectivity index (χ4n) is 0.901. The first-order chi connectivity index (χ1) is 6.85. The average Bonchev–Trinajstić information content (AvgIpc) is 2.16. The van der Waals surface area contributed by atoms with Gasteiger partial charge in [-0.1, -0.05) is 20.8 Å². The molecule has 0 aromatic heterocycles. The van der Waals surface area contributed by atoms with Crippen molar-refractivity contribution < 1.29 is 19.8 Å². The summed E-state index contributed by atoms with van der Waals surface area (Å²) in [6, 6.07) is -1.01. The summed E-state index contributed by atoms with van der Waals surface area (Å²) in [6.07, 6.45) is 0.658. The maximum absolute atomic E-state index is 11.6. The highest BCUT2D eigenvalue weighted by molar-refractivity contribution is 5.86. The largest absolute Gasteiger partial charge is 0.480 e. The van der Waals surface area contributed by atoms with E-state index in [-0.39, 0.29) is 18.9 Å². The molecule has 0 saturated heterocycles. The van der Waals surface area contributed by atoms with Gasteiger partial charge in [0.15, 0.2) is 0 Å². The highest BCUT2D eigenvalue weighted by Gasteiger charge is 2.29. The molecule has 3 N–H and O–H groups in total. The lowest BCUT2D eigenvalue weighted by atomic mass is 9.89. The molecule has 5 heteroatoms. The molecule has 5 nitrogen and oxygen atoms in total. The van der Waals surface area contributed by atoms with E-state index in [1.54, 1.807) is 13.8 Å². The molecular formula is C10H19NO4. The third-order valence-electron chi connectivity index (χ3n) is 2.52. The van der Waals surface area contributed by atoms with Gasteiger partial charge in [-0.2, -0.15) is 0 Å². The summed E-state index contributed by atoms with van der Waals surface area (Å²) in [4.78, 5) is 22.3. The smallest absolute Gasteiger partial charge is 0.326 e. The molecule has 0 fully saturated rings. The third kappa shape index (κ3) is 4.29. The zero-order valence-corrected chi connectivity index (χ0v) is 9.41. The van der Waals surface area contributed by atoms with Crippen molar-refractivity contribution in [2.75, 3.05) is 6.61 Å². The van der Waals surface area contributed by atoms with Crippen LogP contribution in [0.25, 0.3) is 0 Å². The number of carbonyl (C=O) groups excluding carboxylic acids is 1. The van der Waals surface area contributed by atoms with Crippen LogP contribution < -0.4 is 5.32 Å². The van der Waals surface area contributed by atoms with Crippen LogP contribution in [0.5, 0.6) is 0 Å². The number of nitrogens with one attached hydrogen (secondary N) is 1. The van der Waals surface area contributed by atoms with Crippen LogP contribution in [0.4, 0.5) is 0 Å². The van der Waals surface area contributed by atoms with Crippen LogP contribution in [0.2, 0.25) is 0 Å². The van der Waals surface area contributed by atoms with E-state index in [2.05, 4.69) is 5.32 Å². The molecular weight excluding hydrogens is 198 g/mol. The summed E-state index contributed by atoms with van der Waals surface area (Å²) in [5, 5.41) is 19.8. The minimum absolute atomic E-state index is 0.0286. The fourth-order valence-corrected chi connectivity index (χ4v) is 0.901. The molecule has 0 rings (SSSR count). The second-order valence-corrected chi connectivity index (χ2v) is 4.11. The Morgan fingerprint density at radius 1 is 1.40 bits per heavy atom. The first kappa shape index (κ1) is 13.9. The van der Waals surface area contributed by atoms with Gasteiger partial charge in [0.05, 0.1) is 0 Å². The normalized spacial score (nSPS) is 13.3. The van der Waals surface area contributed by atoms with Crippen LogP contribution in [-0.2, 0) is 9.59 Å². The standard InChI is InChI=1S/C10H19NO4/c1-4-10(2,3)9(15)11-7(5-6-12)8(13)14/h7,12H,4-6H2,1-3H3,(H,11,15)(H,13,14)/t7-/m1/s1. The van der Waals surface area contributed by atoms with Crippen molar-refractivity contribution in [2.24, 2.45) is 5.41 Å². The van der Waals surface area contributed by atoms with Crippen molar-refractivity contribution >= 4 is 11.9 Å². The molecule has 0 saturated carbocycles. The van der Waals surface area contributed by atoms with E-state index in [1.165, 1.54) is 0 Å². The fraction of sp³-hybridized carbons (Fsp3) is 0.800. The Bertz CT molecular complexity index is 238. The summed E-state index contributed by atoms with van der Waals surface area (Å²) in [7, 11) is 0. The SMILES string of the molecule is CCC(C)(C)C(=O)N[C@H](CCO)C(=O)O. The number of carboxylic acid groups (broad SMARTS) is 1. The average molecular weight is 217 g/mol. The number of aliphatic hydroxyl groups is 1. The number of amides is 1. The second-order valence-electron chi connectivity index (χ2n) is 4.11. The zero-order valence-electron chi connectivity index (χ0n) is 9.41. The van der Waals surface area contributed by atoms with Crippen LogP contribution in [0.3, 0.4) is 0 Å². The van der Waals surface area contributed by atoms with E-state index in [9.17, 15) is 9.59 Å². The molecule has 0 aliphatic rings. The van der Waals surface area contributed by atoms with Crippen LogP contribution in [0.15, 0.2) is 0 Å². The van der Waals surface area contributed by atoms with Crippen molar-refractivity contribution in [3.8, 4) is 0 Å². The molecule has 1 atom stereocenters. The van der Waals surface area contributed by atoms with Crippen LogP contribution in [0.1, 0.15) is 33.6 Å². The topological polar surface area (TPSA) is 86.6 Å². The summed E-state index contributed by atoms with van der Waals surface area (Å²) >= 11 is 0. The molecule has 0 spiro atoms. The highest BCUT2D eigenvalue weighted by atomic mass is 16.4. The van der Waals surface area contributed by atoms with Crippen LogP contribution >= 0.6 is 0 Å². The molecule has 0 aliphatic heterocycles. The third-order valence-corrected chi connectivity index (χ3v) is 2.52. The van der Waals surface area contributed by atoms with Gasteiger partial charge in [0.1, 0.15) is 6.04 Å². The molecule has 0 bridgehead atoms. The predicted octanol–water partition coefficient (Wildman–Crippen LogP) is 0.374. The van der Waals surface area contributed by atoms with Gasteiger partial charge in [-0.15, -0.1) is 0 Å². The maximum atomic E-state index is 11.6. The van der Waals surface area contributed by atoms with Crippen LogP contribution in [0, 0.1) is 5.41 Å². The van der Waals surface area contributed by atoms with E-state index < -0.39 is 17.4 Å². The van der Waals surface area contributed by atoms with Gasteiger partial charge >= 0.3 is 5.97 Å². The number of aliphatic carboxylic acids is 1. The molecule has 88 valence electrons. The van der Waals surface area contributed by atoms with E-state index in [1.807, 2.05) is 6.92 Å². The Labute approximate surface area is 89.5 Å². The van der Waals surface area contributed by atoms with E-state index in [4.69, 9.17) is 10.2 Å². The van der Waals surface area contributed by atoms with Gasteiger partial charge in [-0.3, -0.25) is 4.79 Å². The number of rotatable bonds is 6. The van der Waals surface area contributed by atoms with Crippen molar-refractivity contribution in [1.82, 2.24) is 5.32 Å².